The van der Waals surface area contributed by atoms with Gasteiger partial charge >= 0.3 is 5.63 Å². The number of hydrogen-bond donors (Lipinski definition) is 2. The lowest BCUT2D eigenvalue weighted by atomic mass is 10.1. The van der Waals surface area contributed by atoms with E-state index in [0.29, 0.717) is 11.0 Å². The molecule has 0 aliphatic rings. The van der Waals surface area contributed by atoms with Crippen LogP contribution in [0.5, 0.6) is 5.75 Å². The first-order valence-electron chi connectivity index (χ1n) is 4.68. The first-order chi connectivity index (χ1) is 7.63. The summed E-state index contributed by atoms with van der Waals surface area (Å²) in [6, 6.07) is 5.16. The molecule has 0 unspecified atom stereocenters. The summed E-state index contributed by atoms with van der Waals surface area (Å²) in [6.07, 6.45) is 0.0928. The Morgan fingerprint density at radius 3 is 2.81 bits per heavy atom. The second kappa shape index (κ2) is 4.42. The fourth-order valence-electron chi connectivity index (χ4n) is 1.53. The van der Waals surface area contributed by atoms with Crippen LogP contribution in [0.3, 0.4) is 0 Å². The summed E-state index contributed by atoms with van der Waals surface area (Å²) in [5.74, 6) is -0.0983. The lowest BCUT2D eigenvalue weighted by Crippen LogP contribution is -2.09. The molecule has 5 heteroatoms. The topological polar surface area (TPSA) is 70.7 Å². The van der Waals surface area contributed by atoms with Crippen molar-refractivity contribution in [2.45, 2.75) is 6.42 Å². The number of aliphatic hydroxyl groups excluding tert-OH is 1. The molecule has 0 bridgehead atoms. The third-order valence-corrected chi connectivity index (χ3v) is 2.96. The molecule has 1 aromatic carbocycles. The lowest BCUT2D eigenvalue weighted by Gasteiger charge is -2.05. The minimum atomic E-state index is -0.597. The van der Waals surface area contributed by atoms with E-state index in [2.05, 4.69) is 22.6 Å². The second-order valence-corrected chi connectivity index (χ2v) is 4.58. The molecule has 0 saturated heterocycles. The van der Waals surface area contributed by atoms with Crippen molar-refractivity contribution in [2.75, 3.05) is 6.61 Å². The Kier molecular flexibility index (Phi) is 3.15. The van der Waals surface area contributed by atoms with Crippen molar-refractivity contribution in [1.29, 1.82) is 0 Å². The zero-order chi connectivity index (χ0) is 11.7. The highest BCUT2D eigenvalue weighted by Gasteiger charge is 2.13. The monoisotopic (exact) mass is 332 g/mol. The van der Waals surface area contributed by atoms with Crippen molar-refractivity contribution in [1.82, 2.24) is 0 Å². The third-order valence-electron chi connectivity index (χ3n) is 2.29. The van der Waals surface area contributed by atoms with Crippen LogP contribution >= 0.6 is 22.6 Å². The van der Waals surface area contributed by atoms with Gasteiger partial charge in [0.15, 0.2) is 0 Å². The molecular formula is C11H9IO4. The van der Waals surface area contributed by atoms with Crippen molar-refractivity contribution in [3.05, 3.63) is 37.8 Å². The van der Waals surface area contributed by atoms with Gasteiger partial charge in [-0.2, -0.15) is 0 Å². The van der Waals surface area contributed by atoms with Crippen LogP contribution in [0, 0.1) is 3.57 Å². The Morgan fingerprint density at radius 2 is 2.12 bits per heavy atom. The molecule has 0 amide bonds. The van der Waals surface area contributed by atoms with E-state index in [-0.39, 0.29) is 24.3 Å². The first-order valence-corrected chi connectivity index (χ1v) is 5.76. The summed E-state index contributed by atoms with van der Waals surface area (Å²) < 4.78 is 5.99. The van der Waals surface area contributed by atoms with Gasteiger partial charge in [0, 0.05) is 16.6 Å². The summed E-state index contributed by atoms with van der Waals surface area (Å²) >= 11 is 2.11. The molecule has 1 heterocycles. The van der Waals surface area contributed by atoms with E-state index in [1.807, 2.05) is 0 Å². The van der Waals surface area contributed by atoms with Crippen LogP contribution in [-0.4, -0.2) is 16.8 Å². The van der Waals surface area contributed by atoms with Gasteiger partial charge in [0.1, 0.15) is 11.3 Å². The molecular weight excluding hydrogens is 323 g/mol. The van der Waals surface area contributed by atoms with Gasteiger partial charge in [0.2, 0.25) is 0 Å². The van der Waals surface area contributed by atoms with E-state index in [4.69, 9.17) is 9.52 Å². The Balaban J connectivity index is 2.79. The summed E-state index contributed by atoms with van der Waals surface area (Å²) in [7, 11) is 0. The summed E-state index contributed by atoms with van der Waals surface area (Å²) in [4.78, 5) is 11.5. The molecule has 0 saturated carbocycles. The van der Waals surface area contributed by atoms with Crippen molar-refractivity contribution in [3.63, 3.8) is 0 Å². The molecule has 0 atom stereocenters. The van der Waals surface area contributed by atoms with Gasteiger partial charge in [-0.1, -0.05) is 0 Å². The van der Waals surface area contributed by atoms with Crippen LogP contribution in [0.1, 0.15) is 5.56 Å². The average Bonchev–Trinajstić information content (AvgIpc) is 2.26. The summed E-state index contributed by atoms with van der Waals surface area (Å²) in [5.41, 5.74) is -0.123. The van der Waals surface area contributed by atoms with E-state index < -0.39 is 5.63 Å². The Hall–Kier alpha value is -1.08. The zero-order valence-corrected chi connectivity index (χ0v) is 10.4. The van der Waals surface area contributed by atoms with Crippen LogP contribution < -0.4 is 5.63 Å². The van der Waals surface area contributed by atoms with Gasteiger partial charge in [-0.15, -0.1) is 0 Å². The molecule has 0 fully saturated rings. The maximum Gasteiger partial charge on any atom is 0.343 e. The standard InChI is InChI=1S/C11H9IO4/c12-6-1-2-9-8(5-6)10(14)7(3-4-13)11(15)16-9/h1-2,5,13-14H,3-4H2. The van der Waals surface area contributed by atoms with Gasteiger partial charge in [0.05, 0.1) is 10.9 Å². The molecule has 16 heavy (non-hydrogen) atoms. The summed E-state index contributed by atoms with van der Waals surface area (Å²) in [5, 5.41) is 19.2. The number of aromatic hydroxyl groups is 1. The fraction of sp³-hybridized carbons (Fsp3) is 0.182. The molecule has 2 N–H and O–H groups in total. The van der Waals surface area contributed by atoms with Crippen LogP contribution in [-0.2, 0) is 6.42 Å². The van der Waals surface area contributed by atoms with Gasteiger partial charge < -0.3 is 14.6 Å². The molecule has 0 radical (unpaired) electrons. The lowest BCUT2D eigenvalue weighted by molar-refractivity contribution is 0.295. The van der Waals surface area contributed by atoms with E-state index in [0.717, 1.165) is 3.57 Å². The van der Waals surface area contributed by atoms with Gasteiger partial charge in [0.25, 0.3) is 0 Å². The summed E-state index contributed by atoms with van der Waals surface area (Å²) in [6.45, 7) is -0.201. The van der Waals surface area contributed by atoms with Crippen molar-refractivity contribution in [3.8, 4) is 5.75 Å². The van der Waals surface area contributed by atoms with E-state index in [9.17, 15) is 9.90 Å². The number of benzene rings is 1. The molecule has 4 nitrogen and oxygen atoms in total. The first kappa shape index (κ1) is 11.4. The highest BCUT2D eigenvalue weighted by atomic mass is 127. The fourth-order valence-corrected chi connectivity index (χ4v) is 2.02. The van der Waals surface area contributed by atoms with Gasteiger partial charge in [-0.25, -0.2) is 4.79 Å². The third kappa shape index (κ3) is 1.92. The predicted molar refractivity (Wildman–Crippen MR) is 67.7 cm³/mol. The molecule has 0 spiro atoms. The van der Waals surface area contributed by atoms with Crippen molar-refractivity contribution >= 4 is 33.6 Å². The van der Waals surface area contributed by atoms with E-state index in [1.54, 1.807) is 18.2 Å². The second-order valence-electron chi connectivity index (χ2n) is 3.33. The number of rotatable bonds is 2. The van der Waals surface area contributed by atoms with E-state index in [1.165, 1.54) is 0 Å². The molecule has 84 valence electrons. The SMILES string of the molecule is O=c1oc2ccc(I)cc2c(O)c1CCO. The minimum absolute atomic E-state index is 0.0928. The van der Waals surface area contributed by atoms with E-state index >= 15 is 0 Å². The number of halogens is 1. The maximum atomic E-state index is 11.5. The Morgan fingerprint density at radius 1 is 1.38 bits per heavy atom. The number of fused-ring (bicyclic) bond motifs is 1. The Bertz CT molecular complexity index is 588. The molecule has 1 aromatic heterocycles. The smallest absolute Gasteiger partial charge is 0.343 e. The number of hydrogen-bond acceptors (Lipinski definition) is 4. The highest BCUT2D eigenvalue weighted by molar-refractivity contribution is 14.1. The van der Waals surface area contributed by atoms with Crippen molar-refractivity contribution in [2.24, 2.45) is 0 Å². The molecule has 0 aliphatic heterocycles. The van der Waals surface area contributed by atoms with Crippen LogP contribution in [0.4, 0.5) is 0 Å². The molecule has 0 aliphatic carbocycles. The largest absolute Gasteiger partial charge is 0.507 e. The van der Waals surface area contributed by atoms with Crippen LogP contribution in [0.25, 0.3) is 11.0 Å². The van der Waals surface area contributed by atoms with Crippen LogP contribution in [0.15, 0.2) is 27.4 Å². The Labute approximate surface area is 105 Å². The van der Waals surface area contributed by atoms with Crippen molar-refractivity contribution < 1.29 is 14.6 Å². The zero-order valence-electron chi connectivity index (χ0n) is 8.24. The molecule has 2 aromatic rings. The van der Waals surface area contributed by atoms with Crippen LogP contribution in [0.2, 0.25) is 0 Å². The molecule has 2 rings (SSSR count). The average molecular weight is 332 g/mol. The predicted octanol–water partition coefficient (Wildman–Crippen LogP) is 1.64. The highest BCUT2D eigenvalue weighted by Crippen LogP contribution is 2.27. The van der Waals surface area contributed by atoms with Gasteiger partial charge in [-0.05, 0) is 40.8 Å². The maximum absolute atomic E-state index is 11.5. The van der Waals surface area contributed by atoms with Gasteiger partial charge in [-0.3, -0.25) is 0 Å². The number of aliphatic hydroxyl groups is 1. The minimum Gasteiger partial charge on any atom is -0.507 e. The normalized spacial score (nSPS) is 10.9. The quantitative estimate of drug-likeness (QED) is 0.648.